The van der Waals surface area contributed by atoms with E-state index in [1.165, 1.54) is 6.21 Å². The second-order valence-electron chi connectivity index (χ2n) is 5.99. The number of halogens is 1. The maximum absolute atomic E-state index is 11.9. The standard InChI is InChI=1S/C19H21IN2O3/c1-12(2)15-6-4-13(3)8-18(15)25-11-19(24)22-21-10-14-5-7-17(23)16(20)9-14/h4-10,12,23H,11H2,1-3H3,(H,22,24)/b21-10-. The summed E-state index contributed by atoms with van der Waals surface area (Å²) in [5.41, 5.74) is 5.37. The van der Waals surface area contributed by atoms with Crippen molar-refractivity contribution in [1.29, 1.82) is 0 Å². The number of nitrogens with zero attached hydrogens (tertiary/aromatic N) is 1. The fourth-order valence-electron chi connectivity index (χ4n) is 2.20. The Morgan fingerprint density at radius 3 is 2.76 bits per heavy atom. The molecule has 0 heterocycles. The molecule has 0 aliphatic rings. The lowest BCUT2D eigenvalue weighted by Gasteiger charge is -2.14. The molecule has 6 heteroatoms. The molecule has 2 N–H and O–H groups in total. The van der Waals surface area contributed by atoms with E-state index in [1.54, 1.807) is 18.2 Å². The van der Waals surface area contributed by atoms with Crippen molar-refractivity contribution in [3.8, 4) is 11.5 Å². The number of amides is 1. The number of aryl methyl sites for hydroxylation is 1. The number of benzene rings is 2. The zero-order valence-electron chi connectivity index (χ0n) is 14.4. The number of rotatable bonds is 6. The van der Waals surface area contributed by atoms with E-state index in [4.69, 9.17) is 4.74 Å². The summed E-state index contributed by atoms with van der Waals surface area (Å²) in [5.74, 6) is 0.922. The van der Waals surface area contributed by atoms with Crippen molar-refractivity contribution in [2.24, 2.45) is 5.10 Å². The van der Waals surface area contributed by atoms with Crippen molar-refractivity contribution in [2.45, 2.75) is 26.7 Å². The molecule has 0 aromatic heterocycles. The summed E-state index contributed by atoms with van der Waals surface area (Å²) in [6.45, 7) is 6.05. The zero-order valence-corrected chi connectivity index (χ0v) is 16.6. The third-order valence-electron chi connectivity index (χ3n) is 3.52. The Balaban J connectivity index is 1.92. The number of nitrogens with one attached hydrogen (secondary N) is 1. The van der Waals surface area contributed by atoms with Crippen LogP contribution in [0.15, 0.2) is 41.5 Å². The van der Waals surface area contributed by atoms with Gasteiger partial charge in [-0.15, -0.1) is 0 Å². The molecule has 5 nitrogen and oxygen atoms in total. The van der Waals surface area contributed by atoms with Crippen LogP contribution in [-0.2, 0) is 4.79 Å². The number of hydrazone groups is 1. The van der Waals surface area contributed by atoms with Crippen LogP contribution in [0, 0.1) is 10.5 Å². The summed E-state index contributed by atoms with van der Waals surface area (Å²) in [4.78, 5) is 11.9. The maximum Gasteiger partial charge on any atom is 0.277 e. The Kier molecular flexibility index (Phi) is 6.81. The highest BCUT2D eigenvalue weighted by Gasteiger charge is 2.10. The molecule has 2 aromatic carbocycles. The van der Waals surface area contributed by atoms with Gasteiger partial charge in [-0.25, -0.2) is 5.43 Å². The molecule has 0 fully saturated rings. The Labute approximate surface area is 161 Å². The fraction of sp³-hybridized carbons (Fsp3) is 0.263. The van der Waals surface area contributed by atoms with Gasteiger partial charge in [0.2, 0.25) is 0 Å². The molecule has 132 valence electrons. The molecule has 25 heavy (non-hydrogen) atoms. The maximum atomic E-state index is 11.9. The highest BCUT2D eigenvalue weighted by atomic mass is 127. The molecule has 0 aliphatic heterocycles. The Morgan fingerprint density at radius 2 is 2.08 bits per heavy atom. The lowest BCUT2D eigenvalue weighted by atomic mass is 10.0. The van der Waals surface area contributed by atoms with E-state index in [1.807, 2.05) is 47.7 Å². The molecule has 2 aromatic rings. The molecule has 0 spiro atoms. The predicted octanol–water partition coefficient (Wildman–Crippen LogP) is 3.96. The van der Waals surface area contributed by atoms with Crippen LogP contribution in [0.3, 0.4) is 0 Å². The van der Waals surface area contributed by atoms with Crippen molar-refractivity contribution >= 4 is 34.7 Å². The first kappa shape index (κ1) is 19.2. The molecular formula is C19H21IN2O3. The van der Waals surface area contributed by atoms with Crippen molar-refractivity contribution in [1.82, 2.24) is 5.43 Å². The van der Waals surface area contributed by atoms with Gasteiger partial charge in [0.05, 0.1) is 9.78 Å². The number of hydrogen-bond acceptors (Lipinski definition) is 4. The minimum absolute atomic E-state index is 0.104. The van der Waals surface area contributed by atoms with Crippen LogP contribution < -0.4 is 10.2 Å². The van der Waals surface area contributed by atoms with Crippen LogP contribution in [0.2, 0.25) is 0 Å². The number of phenols is 1. The third kappa shape index (κ3) is 5.74. The molecule has 1 amide bonds. The van der Waals surface area contributed by atoms with Gasteiger partial charge in [0.15, 0.2) is 6.61 Å². The minimum atomic E-state index is -0.332. The predicted molar refractivity (Wildman–Crippen MR) is 107 cm³/mol. The average Bonchev–Trinajstić information content (AvgIpc) is 2.56. The number of phenolic OH excluding ortho intramolecular Hbond substituents is 1. The summed E-state index contributed by atoms with van der Waals surface area (Å²) < 4.78 is 6.38. The molecule has 0 atom stereocenters. The monoisotopic (exact) mass is 452 g/mol. The van der Waals surface area contributed by atoms with Crippen molar-refractivity contribution in [2.75, 3.05) is 6.61 Å². The summed E-state index contributed by atoms with van der Waals surface area (Å²) >= 11 is 2.03. The number of carbonyl (C=O) groups excluding carboxylic acids is 1. The molecule has 2 rings (SSSR count). The lowest BCUT2D eigenvalue weighted by molar-refractivity contribution is -0.123. The first-order valence-electron chi connectivity index (χ1n) is 7.90. The molecular weight excluding hydrogens is 431 g/mol. The Hall–Kier alpha value is -2.09. The van der Waals surface area contributed by atoms with E-state index >= 15 is 0 Å². The van der Waals surface area contributed by atoms with Crippen molar-refractivity contribution < 1.29 is 14.6 Å². The number of aromatic hydroxyl groups is 1. The van der Waals surface area contributed by atoms with E-state index in [0.717, 1.165) is 26.0 Å². The molecule has 0 bridgehead atoms. The highest BCUT2D eigenvalue weighted by molar-refractivity contribution is 14.1. The van der Waals surface area contributed by atoms with Crippen LogP contribution in [0.4, 0.5) is 0 Å². The van der Waals surface area contributed by atoms with E-state index < -0.39 is 0 Å². The number of hydrogen-bond donors (Lipinski definition) is 2. The fourth-order valence-corrected chi connectivity index (χ4v) is 2.74. The smallest absolute Gasteiger partial charge is 0.277 e. The summed E-state index contributed by atoms with van der Waals surface area (Å²) in [6, 6.07) is 11.1. The molecule has 0 saturated carbocycles. The van der Waals surface area contributed by atoms with Crippen molar-refractivity contribution in [3.63, 3.8) is 0 Å². The summed E-state index contributed by atoms with van der Waals surface area (Å²) in [5, 5.41) is 13.4. The topological polar surface area (TPSA) is 70.9 Å². The summed E-state index contributed by atoms with van der Waals surface area (Å²) in [7, 11) is 0. The quantitative estimate of drug-likeness (QED) is 0.396. The largest absolute Gasteiger partial charge is 0.507 e. The molecule has 0 unspecified atom stereocenters. The van der Waals surface area contributed by atoms with E-state index in [-0.39, 0.29) is 18.3 Å². The number of carbonyl (C=O) groups is 1. The van der Waals surface area contributed by atoms with Gasteiger partial charge in [-0.2, -0.15) is 5.10 Å². The van der Waals surface area contributed by atoms with Crippen LogP contribution in [0.5, 0.6) is 11.5 Å². The van der Waals surface area contributed by atoms with Gasteiger partial charge in [0.1, 0.15) is 11.5 Å². The number of ether oxygens (including phenoxy) is 1. The Bertz CT molecular complexity index is 788. The van der Waals surface area contributed by atoms with Crippen LogP contribution in [0.1, 0.15) is 36.5 Å². The van der Waals surface area contributed by atoms with E-state index in [2.05, 4.69) is 24.4 Å². The first-order valence-corrected chi connectivity index (χ1v) is 8.98. The van der Waals surface area contributed by atoms with Gasteiger partial charge >= 0.3 is 0 Å². The van der Waals surface area contributed by atoms with Gasteiger partial charge in [-0.1, -0.05) is 26.0 Å². The average molecular weight is 452 g/mol. The van der Waals surface area contributed by atoms with Gasteiger partial charge < -0.3 is 9.84 Å². The van der Waals surface area contributed by atoms with Gasteiger partial charge in [-0.05, 0) is 76.4 Å². The highest BCUT2D eigenvalue weighted by Crippen LogP contribution is 2.27. The second-order valence-corrected chi connectivity index (χ2v) is 7.15. The minimum Gasteiger partial charge on any atom is -0.507 e. The molecule has 0 radical (unpaired) electrons. The van der Waals surface area contributed by atoms with E-state index in [9.17, 15) is 9.90 Å². The summed E-state index contributed by atoms with van der Waals surface area (Å²) in [6.07, 6.45) is 1.52. The Morgan fingerprint density at radius 1 is 1.32 bits per heavy atom. The van der Waals surface area contributed by atoms with Gasteiger partial charge in [0.25, 0.3) is 5.91 Å². The third-order valence-corrected chi connectivity index (χ3v) is 4.39. The van der Waals surface area contributed by atoms with E-state index in [0.29, 0.717) is 5.92 Å². The lowest BCUT2D eigenvalue weighted by Crippen LogP contribution is -2.25. The first-order chi connectivity index (χ1) is 11.9. The SMILES string of the molecule is Cc1ccc(C(C)C)c(OCC(=O)N/N=C\c2ccc(O)c(I)c2)c1. The zero-order chi connectivity index (χ0) is 18.4. The van der Waals surface area contributed by atoms with Crippen LogP contribution in [-0.4, -0.2) is 23.8 Å². The van der Waals surface area contributed by atoms with Crippen LogP contribution in [0.25, 0.3) is 0 Å². The van der Waals surface area contributed by atoms with Gasteiger partial charge in [0, 0.05) is 0 Å². The van der Waals surface area contributed by atoms with Gasteiger partial charge in [-0.3, -0.25) is 4.79 Å². The van der Waals surface area contributed by atoms with Crippen molar-refractivity contribution in [3.05, 3.63) is 56.7 Å². The normalized spacial score (nSPS) is 11.1. The van der Waals surface area contributed by atoms with Crippen LogP contribution >= 0.6 is 22.6 Å². The molecule has 0 aliphatic carbocycles. The molecule has 0 saturated heterocycles. The second kappa shape index (κ2) is 8.84.